The maximum absolute atomic E-state index is 13.0. The van der Waals surface area contributed by atoms with Crippen LogP contribution >= 0.6 is 0 Å². The molecule has 0 radical (unpaired) electrons. The highest BCUT2D eigenvalue weighted by molar-refractivity contribution is 6.34. The summed E-state index contributed by atoms with van der Waals surface area (Å²) < 4.78 is 4.98. The van der Waals surface area contributed by atoms with Gasteiger partial charge in [-0.3, -0.25) is 14.4 Å². The van der Waals surface area contributed by atoms with E-state index < -0.39 is 11.8 Å². The van der Waals surface area contributed by atoms with Crippen LogP contribution in [0.2, 0.25) is 0 Å². The van der Waals surface area contributed by atoms with Crippen molar-refractivity contribution in [2.75, 3.05) is 11.4 Å². The third kappa shape index (κ3) is 2.83. The maximum Gasteiger partial charge on any atom is 0.267 e. The topological polar surface area (TPSA) is 83.7 Å². The molecule has 2 aromatic rings. The zero-order valence-corrected chi connectivity index (χ0v) is 15.4. The first-order valence-electron chi connectivity index (χ1n) is 9.28. The number of hydrogen-bond donors (Lipinski definition) is 0. The van der Waals surface area contributed by atoms with Crippen molar-refractivity contribution in [3.05, 3.63) is 46.7 Å². The van der Waals surface area contributed by atoms with Crippen LogP contribution in [0.3, 0.4) is 0 Å². The van der Waals surface area contributed by atoms with Gasteiger partial charge in [-0.25, -0.2) is 4.90 Å². The lowest BCUT2D eigenvalue weighted by Gasteiger charge is -2.35. The van der Waals surface area contributed by atoms with Crippen molar-refractivity contribution in [1.82, 2.24) is 10.1 Å². The van der Waals surface area contributed by atoms with Crippen LogP contribution in [0.25, 0.3) is 0 Å². The standard InChI is InChI=1S/C20H21N3O4/c1-3-14-6-4-5-9-22(14)18(24)13-7-8-15-16(11-13)20(26)23(19(15)25)17-10-12(2)27-21-17/h7-8,10-11,14H,3-6,9H2,1-2H3. The predicted octanol–water partition coefficient (Wildman–Crippen LogP) is 3.19. The van der Waals surface area contributed by atoms with E-state index >= 15 is 0 Å². The second-order valence-corrected chi connectivity index (χ2v) is 7.06. The first kappa shape index (κ1) is 17.5. The quantitative estimate of drug-likeness (QED) is 0.778. The minimum Gasteiger partial charge on any atom is -0.360 e. The molecule has 0 aliphatic carbocycles. The van der Waals surface area contributed by atoms with Crippen molar-refractivity contribution >= 4 is 23.5 Å². The van der Waals surface area contributed by atoms with Crippen molar-refractivity contribution in [1.29, 1.82) is 0 Å². The van der Waals surface area contributed by atoms with Crippen molar-refractivity contribution in [3.63, 3.8) is 0 Å². The van der Waals surface area contributed by atoms with E-state index in [1.54, 1.807) is 19.1 Å². The van der Waals surface area contributed by atoms with Crippen LogP contribution in [0, 0.1) is 6.92 Å². The summed E-state index contributed by atoms with van der Waals surface area (Å²) >= 11 is 0. The molecule has 1 aromatic heterocycles. The van der Waals surface area contributed by atoms with E-state index in [2.05, 4.69) is 12.1 Å². The molecule has 1 saturated heterocycles. The van der Waals surface area contributed by atoms with Gasteiger partial charge in [-0.1, -0.05) is 12.1 Å². The summed E-state index contributed by atoms with van der Waals surface area (Å²) in [5.41, 5.74) is 0.952. The van der Waals surface area contributed by atoms with E-state index in [4.69, 9.17) is 4.52 Å². The van der Waals surface area contributed by atoms with E-state index in [1.807, 2.05) is 4.90 Å². The second kappa shape index (κ2) is 6.64. The Morgan fingerprint density at radius 2 is 1.96 bits per heavy atom. The SMILES string of the molecule is CCC1CCCCN1C(=O)c1ccc2c(c1)C(=O)N(c1cc(C)on1)C2=O. The van der Waals surface area contributed by atoms with Gasteiger partial charge >= 0.3 is 0 Å². The largest absolute Gasteiger partial charge is 0.360 e. The Labute approximate surface area is 156 Å². The fourth-order valence-corrected chi connectivity index (χ4v) is 3.90. The molecule has 27 heavy (non-hydrogen) atoms. The molecule has 2 aliphatic heterocycles. The van der Waals surface area contributed by atoms with Crippen LogP contribution < -0.4 is 4.90 Å². The van der Waals surface area contributed by atoms with E-state index in [0.717, 1.165) is 37.1 Å². The number of benzene rings is 1. The zero-order chi connectivity index (χ0) is 19.1. The Hall–Kier alpha value is -2.96. The number of hydrogen-bond acceptors (Lipinski definition) is 5. The summed E-state index contributed by atoms with van der Waals surface area (Å²) in [5.74, 6) is -0.350. The molecule has 1 unspecified atom stereocenters. The summed E-state index contributed by atoms with van der Waals surface area (Å²) in [6, 6.07) is 6.48. The number of carbonyl (C=O) groups excluding carboxylic acids is 3. The number of amides is 3. The minimum atomic E-state index is -0.483. The smallest absolute Gasteiger partial charge is 0.267 e. The van der Waals surface area contributed by atoms with Gasteiger partial charge in [0.25, 0.3) is 17.7 Å². The molecule has 7 heteroatoms. The van der Waals surface area contributed by atoms with Crippen molar-refractivity contribution < 1.29 is 18.9 Å². The van der Waals surface area contributed by atoms with Crippen LogP contribution in [0.15, 0.2) is 28.8 Å². The van der Waals surface area contributed by atoms with Crippen LogP contribution in [0.5, 0.6) is 0 Å². The number of aromatic nitrogens is 1. The maximum atomic E-state index is 13.0. The highest BCUT2D eigenvalue weighted by Crippen LogP contribution is 2.30. The van der Waals surface area contributed by atoms with Crippen molar-refractivity contribution in [3.8, 4) is 0 Å². The molecule has 3 heterocycles. The number of likely N-dealkylation sites (tertiary alicyclic amines) is 1. The highest BCUT2D eigenvalue weighted by atomic mass is 16.5. The average molecular weight is 367 g/mol. The third-order valence-corrected chi connectivity index (χ3v) is 5.34. The van der Waals surface area contributed by atoms with Crippen LogP contribution in [0.1, 0.15) is 69.4 Å². The number of nitrogens with zero attached hydrogens (tertiary/aromatic N) is 3. The first-order chi connectivity index (χ1) is 13.0. The molecule has 0 spiro atoms. The van der Waals surface area contributed by atoms with Crippen molar-refractivity contribution in [2.45, 2.75) is 45.6 Å². The number of imide groups is 1. The van der Waals surface area contributed by atoms with Gasteiger partial charge in [0.2, 0.25) is 0 Å². The Morgan fingerprint density at radius 3 is 2.67 bits per heavy atom. The van der Waals surface area contributed by atoms with Gasteiger partial charge in [0.15, 0.2) is 5.82 Å². The molecule has 2 aliphatic rings. The molecular weight excluding hydrogens is 346 g/mol. The normalized spacial score (nSPS) is 19.6. The van der Waals surface area contributed by atoms with Crippen LogP contribution in [0.4, 0.5) is 5.82 Å². The minimum absolute atomic E-state index is 0.0830. The summed E-state index contributed by atoms with van der Waals surface area (Å²) in [4.78, 5) is 41.3. The molecule has 140 valence electrons. The number of carbonyl (C=O) groups is 3. The Balaban J connectivity index is 1.65. The molecule has 3 amide bonds. The monoisotopic (exact) mass is 367 g/mol. The van der Waals surface area contributed by atoms with E-state index in [0.29, 0.717) is 11.3 Å². The molecule has 7 nitrogen and oxygen atoms in total. The molecule has 4 rings (SSSR count). The lowest BCUT2D eigenvalue weighted by molar-refractivity contribution is 0.0607. The molecule has 1 aromatic carbocycles. The Morgan fingerprint density at radius 1 is 1.19 bits per heavy atom. The summed E-state index contributed by atoms with van der Waals surface area (Å²) in [5, 5.41) is 3.77. The number of fused-ring (bicyclic) bond motifs is 1. The van der Waals surface area contributed by atoms with Gasteiger partial charge in [0.05, 0.1) is 11.1 Å². The third-order valence-electron chi connectivity index (χ3n) is 5.34. The van der Waals surface area contributed by atoms with Gasteiger partial charge < -0.3 is 9.42 Å². The average Bonchev–Trinajstić information content (AvgIpc) is 3.22. The van der Waals surface area contributed by atoms with Gasteiger partial charge in [0, 0.05) is 24.2 Å². The van der Waals surface area contributed by atoms with E-state index in [9.17, 15) is 14.4 Å². The number of piperidine rings is 1. The van der Waals surface area contributed by atoms with Crippen molar-refractivity contribution in [2.24, 2.45) is 0 Å². The molecule has 1 atom stereocenters. The fourth-order valence-electron chi connectivity index (χ4n) is 3.90. The molecule has 1 fully saturated rings. The summed E-state index contributed by atoms with van der Waals surface area (Å²) in [6.45, 7) is 4.50. The predicted molar refractivity (Wildman–Crippen MR) is 97.8 cm³/mol. The fraction of sp³-hybridized carbons (Fsp3) is 0.400. The summed E-state index contributed by atoms with van der Waals surface area (Å²) in [6.07, 6.45) is 4.03. The number of aryl methyl sites for hydroxylation is 1. The molecule has 0 saturated carbocycles. The zero-order valence-electron chi connectivity index (χ0n) is 15.4. The number of rotatable bonds is 3. The van der Waals surface area contributed by atoms with Gasteiger partial charge in [-0.2, -0.15) is 0 Å². The Kier molecular flexibility index (Phi) is 4.30. The molecular formula is C20H21N3O4. The molecule has 0 N–H and O–H groups in total. The van der Waals surface area contributed by atoms with Crippen LogP contribution in [-0.2, 0) is 0 Å². The van der Waals surface area contributed by atoms with Gasteiger partial charge in [-0.15, -0.1) is 0 Å². The summed E-state index contributed by atoms with van der Waals surface area (Å²) in [7, 11) is 0. The molecule has 0 bridgehead atoms. The number of anilines is 1. The Bertz CT molecular complexity index is 933. The first-order valence-corrected chi connectivity index (χ1v) is 9.28. The highest BCUT2D eigenvalue weighted by Gasteiger charge is 2.39. The van der Waals surface area contributed by atoms with Gasteiger partial charge in [0.1, 0.15) is 5.76 Å². The lowest BCUT2D eigenvalue weighted by atomic mass is 9.98. The second-order valence-electron chi connectivity index (χ2n) is 7.06. The van der Waals surface area contributed by atoms with Gasteiger partial charge in [-0.05, 0) is 50.8 Å². The van der Waals surface area contributed by atoms with E-state index in [-0.39, 0.29) is 28.9 Å². The van der Waals surface area contributed by atoms with Crippen LogP contribution in [-0.4, -0.2) is 40.4 Å². The lowest BCUT2D eigenvalue weighted by Crippen LogP contribution is -2.43. The van der Waals surface area contributed by atoms with E-state index in [1.165, 1.54) is 12.1 Å².